The van der Waals surface area contributed by atoms with Gasteiger partial charge in [-0.3, -0.25) is 4.79 Å². The van der Waals surface area contributed by atoms with E-state index in [2.05, 4.69) is 19.2 Å². The molecule has 0 heterocycles. The molecular weight excluding hydrogens is 325 g/mol. The zero-order valence-electron chi connectivity index (χ0n) is 16.7. The van der Waals surface area contributed by atoms with Crippen LogP contribution in [0.15, 0.2) is 0 Å². The molecule has 0 bridgehead atoms. The Labute approximate surface area is 153 Å². The molecule has 0 saturated heterocycles. The minimum Gasteiger partial charge on any atom is -0.379 e. The van der Waals surface area contributed by atoms with Gasteiger partial charge in [0.1, 0.15) is 6.17 Å². The minimum atomic E-state index is -1.09. The van der Waals surface area contributed by atoms with Crippen LogP contribution in [0.3, 0.4) is 0 Å². The monoisotopic (exact) mass is 363 g/mol. The number of halogens is 1. The highest BCUT2D eigenvalue weighted by Crippen LogP contribution is 2.12. The van der Waals surface area contributed by atoms with E-state index in [-0.39, 0.29) is 18.9 Å². The predicted octanol–water partition coefficient (Wildman–Crippen LogP) is 3.36. The molecule has 6 heteroatoms. The van der Waals surface area contributed by atoms with Crippen LogP contribution in [0.4, 0.5) is 4.39 Å². The molecule has 0 aliphatic rings. The van der Waals surface area contributed by atoms with E-state index in [1.807, 2.05) is 0 Å². The lowest BCUT2D eigenvalue weighted by atomic mass is 9.96. The molecule has 25 heavy (non-hydrogen) atoms. The average molecular weight is 364 g/mol. The SMILES string of the molecule is CC(C)CCCOCCOCCOCCC(F)CNC(=O)C(C)(C)C. The number of hydrogen-bond donors (Lipinski definition) is 1. The number of alkyl halides is 1. The van der Waals surface area contributed by atoms with Gasteiger partial charge in [-0.05, 0) is 18.8 Å². The van der Waals surface area contributed by atoms with Crippen LogP contribution in [0.2, 0.25) is 0 Å². The largest absolute Gasteiger partial charge is 0.379 e. The fourth-order valence-corrected chi connectivity index (χ4v) is 1.92. The molecular formula is C19H38FNO4. The molecule has 1 atom stereocenters. The first-order chi connectivity index (χ1) is 11.7. The molecule has 0 aromatic carbocycles. The van der Waals surface area contributed by atoms with Gasteiger partial charge >= 0.3 is 0 Å². The number of ether oxygens (including phenoxy) is 3. The molecule has 0 fully saturated rings. The minimum absolute atomic E-state index is 0.0319. The van der Waals surface area contributed by atoms with Crippen LogP contribution in [0.5, 0.6) is 0 Å². The second-order valence-electron chi connectivity index (χ2n) is 7.72. The number of nitrogens with one attached hydrogen (secondary N) is 1. The van der Waals surface area contributed by atoms with Gasteiger partial charge < -0.3 is 19.5 Å². The van der Waals surface area contributed by atoms with Crippen LogP contribution < -0.4 is 5.32 Å². The number of amides is 1. The van der Waals surface area contributed by atoms with Crippen LogP contribution in [0, 0.1) is 11.3 Å². The Morgan fingerprint density at radius 2 is 1.44 bits per heavy atom. The van der Waals surface area contributed by atoms with Gasteiger partial charge in [0.25, 0.3) is 0 Å². The molecule has 150 valence electrons. The smallest absolute Gasteiger partial charge is 0.225 e. The van der Waals surface area contributed by atoms with Crippen LogP contribution in [0.25, 0.3) is 0 Å². The Kier molecular flexibility index (Phi) is 14.0. The van der Waals surface area contributed by atoms with Gasteiger partial charge in [0, 0.05) is 31.6 Å². The van der Waals surface area contributed by atoms with E-state index in [9.17, 15) is 9.18 Å². The maximum atomic E-state index is 13.6. The summed E-state index contributed by atoms with van der Waals surface area (Å²) in [6, 6.07) is 0. The highest BCUT2D eigenvalue weighted by atomic mass is 19.1. The molecule has 0 saturated carbocycles. The van der Waals surface area contributed by atoms with Gasteiger partial charge in [-0.15, -0.1) is 0 Å². The van der Waals surface area contributed by atoms with Crippen LogP contribution in [-0.4, -0.2) is 58.3 Å². The molecule has 0 aromatic heterocycles. The summed E-state index contributed by atoms with van der Waals surface area (Å²) in [6.45, 7) is 13.0. The van der Waals surface area contributed by atoms with Gasteiger partial charge in [-0.2, -0.15) is 0 Å². The summed E-state index contributed by atoms with van der Waals surface area (Å²) >= 11 is 0. The molecule has 1 amide bonds. The summed E-state index contributed by atoms with van der Waals surface area (Å²) in [5.41, 5.74) is -0.494. The number of carbonyl (C=O) groups is 1. The maximum absolute atomic E-state index is 13.6. The Morgan fingerprint density at radius 3 is 1.96 bits per heavy atom. The van der Waals surface area contributed by atoms with E-state index in [4.69, 9.17) is 14.2 Å². The van der Waals surface area contributed by atoms with E-state index >= 15 is 0 Å². The first-order valence-electron chi connectivity index (χ1n) is 9.39. The molecule has 0 aromatic rings. The first-order valence-corrected chi connectivity index (χ1v) is 9.39. The van der Waals surface area contributed by atoms with Crippen molar-refractivity contribution in [3.63, 3.8) is 0 Å². The van der Waals surface area contributed by atoms with Crippen molar-refractivity contribution in [2.24, 2.45) is 11.3 Å². The third-order valence-corrected chi connectivity index (χ3v) is 3.55. The van der Waals surface area contributed by atoms with E-state index < -0.39 is 11.6 Å². The Bertz CT molecular complexity index is 332. The van der Waals surface area contributed by atoms with Crippen LogP contribution >= 0.6 is 0 Å². The Hall–Kier alpha value is -0.720. The standard InChI is InChI=1S/C19H38FNO4/c1-16(2)7-6-9-23-11-13-25-14-12-24-10-8-17(20)15-21-18(22)19(3,4)5/h16-17H,6-15H2,1-5H3,(H,21,22). The van der Waals surface area contributed by atoms with Gasteiger partial charge in [0.15, 0.2) is 0 Å². The summed E-state index contributed by atoms with van der Waals surface area (Å²) in [5.74, 6) is 0.576. The molecule has 0 rings (SSSR count). The third kappa shape index (κ3) is 16.5. The highest BCUT2D eigenvalue weighted by molar-refractivity contribution is 5.81. The molecule has 1 N–H and O–H groups in total. The molecule has 1 unspecified atom stereocenters. The van der Waals surface area contributed by atoms with Gasteiger partial charge in [-0.25, -0.2) is 4.39 Å². The van der Waals surface area contributed by atoms with Crippen molar-refractivity contribution < 1.29 is 23.4 Å². The van der Waals surface area contributed by atoms with E-state index in [1.165, 1.54) is 6.42 Å². The van der Waals surface area contributed by atoms with E-state index in [0.29, 0.717) is 33.0 Å². The normalized spacial score (nSPS) is 13.2. The van der Waals surface area contributed by atoms with Crippen molar-refractivity contribution in [3.05, 3.63) is 0 Å². The van der Waals surface area contributed by atoms with Crippen molar-refractivity contribution in [3.8, 4) is 0 Å². The highest BCUT2D eigenvalue weighted by Gasteiger charge is 2.21. The summed E-state index contributed by atoms with van der Waals surface area (Å²) in [4.78, 5) is 11.6. The lowest BCUT2D eigenvalue weighted by molar-refractivity contribution is -0.128. The summed E-state index contributed by atoms with van der Waals surface area (Å²) in [6.07, 6.45) is 1.45. The second-order valence-corrected chi connectivity index (χ2v) is 7.72. The van der Waals surface area contributed by atoms with Crippen molar-refractivity contribution >= 4 is 5.91 Å². The van der Waals surface area contributed by atoms with E-state index in [0.717, 1.165) is 18.9 Å². The van der Waals surface area contributed by atoms with Crippen molar-refractivity contribution in [1.29, 1.82) is 0 Å². The lowest BCUT2D eigenvalue weighted by Crippen LogP contribution is -2.38. The zero-order valence-corrected chi connectivity index (χ0v) is 16.7. The van der Waals surface area contributed by atoms with Crippen molar-refractivity contribution in [1.82, 2.24) is 5.32 Å². The average Bonchev–Trinajstić information content (AvgIpc) is 2.52. The number of carbonyl (C=O) groups excluding carboxylic acids is 1. The maximum Gasteiger partial charge on any atom is 0.225 e. The summed E-state index contributed by atoms with van der Waals surface area (Å²) < 4.78 is 29.8. The van der Waals surface area contributed by atoms with Crippen LogP contribution in [0.1, 0.15) is 53.9 Å². The topological polar surface area (TPSA) is 56.8 Å². The number of hydrogen-bond acceptors (Lipinski definition) is 4. The van der Waals surface area contributed by atoms with Crippen molar-refractivity contribution in [2.75, 3.05) is 46.2 Å². The quantitative estimate of drug-likeness (QED) is 0.453. The molecule has 5 nitrogen and oxygen atoms in total. The molecule has 0 spiro atoms. The van der Waals surface area contributed by atoms with Gasteiger partial charge in [-0.1, -0.05) is 34.6 Å². The zero-order chi connectivity index (χ0) is 19.1. The lowest BCUT2D eigenvalue weighted by Gasteiger charge is -2.18. The number of rotatable bonds is 15. The summed E-state index contributed by atoms with van der Waals surface area (Å²) in [5, 5.41) is 2.61. The molecule has 0 radical (unpaired) electrons. The van der Waals surface area contributed by atoms with Crippen LogP contribution in [-0.2, 0) is 19.0 Å². The van der Waals surface area contributed by atoms with E-state index in [1.54, 1.807) is 20.8 Å². The van der Waals surface area contributed by atoms with Crippen molar-refractivity contribution in [2.45, 2.75) is 60.1 Å². The third-order valence-electron chi connectivity index (χ3n) is 3.55. The molecule has 0 aliphatic carbocycles. The fourth-order valence-electron chi connectivity index (χ4n) is 1.92. The molecule has 0 aliphatic heterocycles. The summed E-state index contributed by atoms with van der Waals surface area (Å²) in [7, 11) is 0. The van der Waals surface area contributed by atoms with Gasteiger partial charge in [0.2, 0.25) is 5.91 Å². The fraction of sp³-hybridized carbons (Fsp3) is 0.947. The Balaban J connectivity index is 3.31. The predicted molar refractivity (Wildman–Crippen MR) is 98.5 cm³/mol. The van der Waals surface area contributed by atoms with Gasteiger partial charge in [0.05, 0.1) is 26.4 Å². The second kappa shape index (κ2) is 14.4. The Morgan fingerprint density at radius 1 is 0.920 bits per heavy atom. The first kappa shape index (κ1) is 24.3.